The molecule has 1 aromatic heterocycles. The molecule has 4 nitrogen and oxygen atoms in total. The van der Waals surface area contributed by atoms with Crippen molar-refractivity contribution in [2.45, 2.75) is 6.92 Å². The summed E-state index contributed by atoms with van der Waals surface area (Å²) in [5.41, 5.74) is 1.30. The van der Waals surface area contributed by atoms with E-state index in [2.05, 4.69) is 6.07 Å². The van der Waals surface area contributed by atoms with E-state index in [9.17, 15) is 5.26 Å². The van der Waals surface area contributed by atoms with Gasteiger partial charge in [0, 0.05) is 0 Å². The zero-order valence-corrected chi connectivity index (χ0v) is 10.3. The van der Waals surface area contributed by atoms with E-state index in [1.165, 1.54) is 0 Å². The van der Waals surface area contributed by atoms with E-state index in [-0.39, 0.29) is 6.79 Å². The minimum atomic E-state index is 0.224. The van der Waals surface area contributed by atoms with Gasteiger partial charge in [-0.05, 0) is 48.9 Å². The maximum atomic E-state index is 9.26. The second-order valence-electron chi connectivity index (χ2n) is 4.19. The standard InChI is InChI=1S/C15H11NO3/c1-10-2-4-13(19-10)6-12(8-16)11-3-5-14-15(7-11)18-9-17-14/h2-7H,9H2,1H3/b12-6-. The third kappa shape index (κ3) is 2.18. The fourth-order valence-corrected chi connectivity index (χ4v) is 1.92. The zero-order chi connectivity index (χ0) is 13.2. The van der Waals surface area contributed by atoms with Crippen LogP contribution >= 0.6 is 0 Å². The molecule has 0 aliphatic carbocycles. The molecule has 0 N–H and O–H groups in total. The second-order valence-corrected chi connectivity index (χ2v) is 4.19. The molecular formula is C15H11NO3. The summed E-state index contributed by atoms with van der Waals surface area (Å²) in [6.45, 7) is 2.09. The maximum absolute atomic E-state index is 9.26. The number of furan rings is 1. The number of nitriles is 1. The van der Waals surface area contributed by atoms with Crippen molar-refractivity contribution in [3.8, 4) is 17.6 Å². The second kappa shape index (κ2) is 4.54. The lowest BCUT2D eigenvalue weighted by molar-refractivity contribution is 0.174. The van der Waals surface area contributed by atoms with Crippen molar-refractivity contribution in [2.75, 3.05) is 6.79 Å². The van der Waals surface area contributed by atoms with Crippen LogP contribution in [0.3, 0.4) is 0 Å². The highest BCUT2D eigenvalue weighted by molar-refractivity contribution is 5.89. The van der Waals surface area contributed by atoms with E-state index in [1.54, 1.807) is 18.2 Å². The fourth-order valence-electron chi connectivity index (χ4n) is 1.92. The summed E-state index contributed by atoms with van der Waals surface area (Å²) in [6, 6.07) is 11.3. The highest BCUT2D eigenvalue weighted by Crippen LogP contribution is 2.34. The van der Waals surface area contributed by atoms with Gasteiger partial charge in [-0.1, -0.05) is 0 Å². The summed E-state index contributed by atoms with van der Waals surface area (Å²) >= 11 is 0. The van der Waals surface area contributed by atoms with Crippen molar-refractivity contribution in [1.82, 2.24) is 0 Å². The number of hydrogen-bond acceptors (Lipinski definition) is 4. The third-order valence-corrected chi connectivity index (χ3v) is 2.85. The first-order chi connectivity index (χ1) is 9.26. The molecule has 4 heteroatoms. The Morgan fingerprint density at radius 1 is 1.21 bits per heavy atom. The first-order valence-corrected chi connectivity index (χ1v) is 5.84. The Balaban J connectivity index is 1.99. The van der Waals surface area contributed by atoms with Crippen molar-refractivity contribution in [2.24, 2.45) is 0 Å². The number of hydrogen-bond donors (Lipinski definition) is 0. The molecule has 0 radical (unpaired) electrons. The predicted octanol–water partition coefficient (Wildman–Crippen LogP) is 3.38. The van der Waals surface area contributed by atoms with E-state index in [4.69, 9.17) is 13.9 Å². The Hall–Kier alpha value is -2.67. The van der Waals surface area contributed by atoms with E-state index in [0.29, 0.717) is 22.8 Å². The lowest BCUT2D eigenvalue weighted by Crippen LogP contribution is -1.92. The molecule has 0 saturated carbocycles. The first kappa shape index (κ1) is 11.4. The van der Waals surface area contributed by atoms with Crippen LogP contribution in [0.4, 0.5) is 0 Å². The molecule has 1 aromatic carbocycles. The van der Waals surface area contributed by atoms with Crippen LogP contribution < -0.4 is 9.47 Å². The minimum Gasteiger partial charge on any atom is -0.462 e. The van der Waals surface area contributed by atoms with Gasteiger partial charge in [0.2, 0.25) is 6.79 Å². The van der Waals surface area contributed by atoms with E-state index >= 15 is 0 Å². The zero-order valence-electron chi connectivity index (χ0n) is 10.3. The summed E-state index contributed by atoms with van der Waals surface area (Å²) in [6.07, 6.45) is 1.71. The minimum absolute atomic E-state index is 0.224. The molecular weight excluding hydrogens is 242 g/mol. The SMILES string of the molecule is Cc1ccc(/C=C(/C#N)c2ccc3c(c2)OCO3)o1. The number of allylic oxidation sites excluding steroid dienone is 1. The highest BCUT2D eigenvalue weighted by Gasteiger charge is 2.14. The predicted molar refractivity (Wildman–Crippen MR) is 69.5 cm³/mol. The van der Waals surface area contributed by atoms with Crippen molar-refractivity contribution < 1.29 is 13.9 Å². The maximum Gasteiger partial charge on any atom is 0.231 e. The van der Waals surface area contributed by atoms with Gasteiger partial charge in [-0.15, -0.1) is 0 Å². The summed E-state index contributed by atoms with van der Waals surface area (Å²) in [4.78, 5) is 0. The lowest BCUT2D eigenvalue weighted by atomic mass is 10.1. The van der Waals surface area contributed by atoms with Crippen LogP contribution in [-0.2, 0) is 0 Å². The molecule has 1 aliphatic rings. The van der Waals surface area contributed by atoms with Gasteiger partial charge in [-0.25, -0.2) is 0 Å². The monoisotopic (exact) mass is 253 g/mol. The molecule has 3 rings (SSSR count). The Labute approximate surface area is 110 Å². The van der Waals surface area contributed by atoms with Gasteiger partial charge in [-0.2, -0.15) is 5.26 Å². The van der Waals surface area contributed by atoms with Gasteiger partial charge in [-0.3, -0.25) is 0 Å². The number of benzene rings is 1. The molecule has 0 atom stereocenters. The molecule has 1 aliphatic heterocycles. The molecule has 0 bridgehead atoms. The van der Waals surface area contributed by atoms with Crippen molar-refractivity contribution in [3.63, 3.8) is 0 Å². The average molecular weight is 253 g/mol. The molecule has 0 spiro atoms. The average Bonchev–Trinajstić information content (AvgIpc) is 3.03. The lowest BCUT2D eigenvalue weighted by Gasteiger charge is -2.01. The van der Waals surface area contributed by atoms with Gasteiger partial charge in [0.15, 0.2) is 11.5 Å². The van der Waals surface area contributed by atoms with Crippen molar-refractivity contribution in [3.05, 3.63) is 47.4 Å². The number of nitrogens with zero attached hydrogens (tertiary/aromatic N) is 1. The molecule has 94 valence electrons. The highest BCUT2D eigenvalue weighted by atomic mass is 16.7. The van der Waals surface area contributed by atoms with Gasteiger partial charge in [0.05, 0.1) is 11.6 Å². The van der Waals surface area contributed by atoms with E-state index in [0.717, 1.165) is 11.3 Å². The topological polar surface area (TPSA) is 55.4 Å². The molecule has 19 heavy (non-hydrogen) atoms. The quantitative estimate of drug-likeness (QED) is 0.770. The summed E-state index contributed by atoms with van der Waals surface area (Å²) in [5.74, 6) is 2.84. The molecule has 0 amide bonds. The van der Waals surface area contributed by atoms with Crippen molar-refractivity contribution >= 4 is 11.6 Å². The number of fused-ring (bicyclic) bond motifs is 1. The summed E-state index contributed by atoms with van der Waals surface area (Å²) in [7, 11) is 0. The van der Waals surface area contributed by atoms with Gasteiger partial charge in [0.25, 0.3) is 0 Å². The van der Waals surface area contributed by atoms with Crippen LogP contribution in [0.2, 0.25) is 0 Å². The van der Waals surface area contributed by atoms with E-state index < -0.39 is 0 Å². The van der Waals surface area contributed by atoms with Gasteiger partial charge >= 0.3 is 0 Å². The Morgan fingerprint density at radius 3 is 2.79 bits per heavy atom. The van der Waals surface area contributed by atoms with Crippen LogP contribution in [0.25, 0.3) is 11.6 Å². The van der Waals surface area contributed by atoms with Crippen LogP contribution in [0.15, 0.2) is 34.7 Å². The summed E-state index contributed by atoms with van der Waals surface area (Å²) in [5, 5.41) is 9.26. The summed E-state index contributed by atoms with van der Waals surface area (Å²) < 4.78 is 16.0. The van der Waals surface area contributed by atoms with Crippen LogP contribution in [-0.4, -0.2) is 6.79 Å². The Kier molecular flexibility index (Phi) is 2.73. The van der Waals surface area contributed by atoms with Crippen molar-refractivity contribution in [1.29, 1.82) is 5.26 Å². The number of rotatable bonds is 2. The molecule has 2 heterocycles. The van der Waals surface area contributed by atoms with Gasteiger partial charge < -0.3 is 13.9 Å². The Morgan fingerprint density at radius 2 is 2.05 bits per heavy atom. The molecule has 2 aromatic rings. The van der Waals surface area contributed by atoms with Crippen LogP contribution in [0, 0.1) is 18.3 Å². The van der Waals surface area contributed by atoms with Crippen LogP contribution in [0.1, 0.15) is 17.1 Å². The Bertz CT molecular complexity index is 692. The smallest absolute Gasteiger partial charge is 0.231 e. The normalized spacial score (nSPS) is 13.4. The fraction of sp³-hybridized carbons (Fsp3) is 0.133. The molecule has 0 saturated heterocycles. The van der Waals surface area contributed by atoms with Crippen LogP contribution in [0.5, 0.6) is 11.5 Å². The van der Waals surface area contributed by atoms with E-state index in [1.807, 2.05) is 25.1 Å². The molecule has 0 unspecified atom stereocenters. The van der Waals surface area contributed by atoms with Gasteiger partial charge in [0.1, 0.15) is 11.5 Å². The number of ether oxygens (including phenoxy) is 2. The number of aryl methyl sites for hydroxylation is 1. The molecule has 0 fully saturated rings. The first-order valence-electron chi connectivity index (χ1n) is 5.84. The largest absolute Gasteiger partial charge is 0.462 e. The third-order valence-electron chi connectivity index (χ3n) is 2.85.